The second-order valence-electron chi connectivity index (χ2n) is 3.80. The van der Waals surface area contributed by atoms with Gasteiger partial charge in [0, 0.05) is 0 Å². The average molecular weight is 224 g/mol. The van der Waals surface area contributed by atoms with E-state index in [-0.39, 0.29) is 12.9 Å². The lowest BCUT2D eigenvalue weighted by Crippen LogP contribution is -2.26. The van der Waals surface area contributed by atoms with Crippen LogP contribution in [0.5, 0.6) is 0 Å². The van der Waals surface area contributed by atoms with Crippen molar-refractivity contribution in [3.8, 4) is 0 Å². The Balaban J connectivity index is 2.13. The van der Waals surface area contributed by atoms with E-state index in [1.807, 2.05) is 44.2 Å². The topological polar surface area (TPSA) is 38.7 Å². The third-order valence-electron chi connectivity index (χ3n) is 2.49. The molecule has 0 aliphatic rings. The lowest BCUT2D eigenvalue weighted by atomic mass is 10.2. The quantitative estimate of drug-likeness (QED) is 0.570. The van der Waals surface area contributed by atoms with Gasteiger partial charge < -0.3 is 14.6 Å². The van der Waals surface area contributed by atoms with Crippen LogP contribution in [0, 0.1) is 0 Å². The van der Waals surface area contributed by atoms with Gasteiger partial charge in [-0.05, 0) is 18.9 Å². The van der Waals surface area contributed by atoms with Crippen LogP contribution in [0.15, 0.2) is 30.3 Å². The lowest BCUT2D eigenvalue weighted by Gasteiger charge is -2.17. The smallest absolute Gasteiger partial charge is 0.147 e. The summed E-state index contributed by atoms with van der Waals surface area (Å²) in [4.78, 5) is 0. The van der Waals surface area contributed by atoms with Crippen LogP contribution in [0.2, 0.25) is 0 Å². The highest BCUT2D eigenvalue weighted by Crippen LogP contribution is 2.04. The predicted octanol–water partition coefficient (Wildman–Crippen LogP) is 2.34. The predicted molar refractivity (Wildman–Crippen MR) is 62.9 cm³/mol. The van der Waals surface area contributed by atoms with Gasteiger partial charge in [-0.3, -0.25) is 0 Å². The van der Waals surface area contributed by atoms with E-state index in [2.05, 4.69) is 0 Å². The highest BCUT2D eigenvalue weighted by Gasteiger charge is 2.11. The maximum atomic E-state index is 9.46. The molecule has 1 rings (SSSR count). The van der Waals surface area contributed by atoms with Crippen LogP contribution >= 0.6 is 0 Å². The van der Waals surface area contributed by atoms with Crippen LogP contribution in [0.1, 0.15) is 25.8 Å². The van der Waals surface area contributed by atoms with Crippen LogP contribution in [0.3, 0.4) is 0 Å². The molecule has 3 heteroatoms. The first-order valence-corrected chi connectivity index (χ1v) is 5.65. The molecule has 0 saturated carbocycles. The van der Waals surface area contributed by atoms with Crippen LogP contribution in [-0.4, -0.2) is 24.1 Å². The fraction of sp³-hybridized carbons (Fsp3) is 0.538. The fourth-order valence-electron chi connectivity index (χ4n) is 1.33. The molecule has 0 unspecified atom stereocenters. The molecule has 3 nitrogen and oxygen atoms in total. The molecule has 0 aliphatic heterocycles. The molecule has 90 valence electrons. The molecular formula is C13H20O3. The van der Waals surface area contributed by atoms with Crippen LogP contribution < -0.4 is 0 Å². The fourth-order valence-corrected chi connectivity index (χ4v) is 1.33. The second kappa shape index (κ2) is 7.39. The molecule has 0 bridgehead atoms. The minimum Gasteiger partial charge on any atom is -0.390 e. The zero-order valence-corrected chi connectivity index (χ0v) is 9.93. The SMILES string of the molecule is CC[C@@H](O)[C@@H](C)OCOCc1ccccc1. The minimum absolute atomic E-state index is 0.180. The molecule has 0 saturated heterocycles. The molecule has 0 amide bonds. The zero-order chi connectivity index (χ0) is 11.8. The average Bonchev–Trinajstić information content (AvgIpc) is 2.34. The molecule has 1 N–H and O–H groups in total. The van der Waals surface area contributed by atoms with Crippen LogP contribution in [0.25, 0.3) is 0 Å². The molecule has 1 aromatic rings. The summed E-state index contributed by atoms with van der Waals surface area (Å²) < 4.78 is 10.7. The van der Waals surface area contributed by atoms with Gasteiger partial charge >= 0.3 is 0 Å². The highest BCUT2D eigenvalue weighted by atomic mass is 16.7. The minimum atomic E-state index is -0.416. The van der Waals surface area contributed by atoms with E-state index in [1.165, 1.54) is 0 Å². The van der Waals surface area contributed by atoms with E-state index in [1.54, 1.807) is 0 Å². The Bertz CT molecular complexity index is 274. The Hall–Kier alpha value is -0.900. The lowest BCUT2D eigenvalue weighted by molar-refractivity contribution is -0.122. The first kappa shape index (κ1) is 13.2. The van der Waals surface area contributed by atoms with Gasteiger partial charge in [-0.2, -0.15) is 0 Å². The number of hydrogen-bond acceptors (Lipinski definition) is 3. The third-order valence-corrected chi connectivity index (χ3v) is 2.49. The Kier molecular flexibility index (Phi) is 6.08. The van der Waals surface area contributed by atoms with Gasteiger partial charge in [0.2, 0.25) is 0 Å². The van der Waals surface area contributed by atoms with Gasteiger partial charge in [0.15, 0.2) is 0 Å². The van der Waals surface area contributed by atoms with Crippen LogP contribution in [-0.2, 0) is 16.1 Å². The summed E-state index contributed by atoms with van der Waals surface area (Å²) in [6.45, 7) is 4.53. The maximum absolute atomic E-state index is 9.46. The van der Waals surface area contributed by atoms with E-state index in [0.717, 1.165) is 5.56 Å². The van der Waals surface area contributed by atoms with Crippen molar-refractivity contribution in [2.45, 2.75) is 39.1 Å². The monoisotopic (exact) mass is 224 g/mol. The molecule has 2 atom stereocenters. The standard InChI is InChI=1S/C13H20O3/c1-3-13(14)11(2)16-10-15-9-12-7-5-4-6-8-12/h4-8,11,13-14H,3,9-10H2,1-2H3/t11-,13-/m1/s1. The molecule has 0 fully saturated rings. The number of hydrogen-bond donors (Lipinski definition) is 1. The molecule has 0 radical (unpaired) electrons. The number of rotatable bonds is 7. The Morgan fingerprint density at radius 1 is 1.25 bits per heavy atom. The van der Waals surface area contributed by atoms with Gasteiger partial charge in [-0.15, -0.1) is 0 Å². The molecule has 0 aliphatic carbocycles. The summed E-state index contributed by atoms with van der Waals surface area (Å²) in [7, 11) is 0. The van der Waals surface area contributed by atoms with Crippen molar-refractivity contribution in [3.05, 3.63) is 35.9 Å². The van der Waals surface area contributed by atoms with Crippen molar-refractivity contribution in [2.24, 2.45) is 0 Å². The van der Waals surface area contributed by atoms with Gasteiger partial charge in [0.1, 0.15) is 6.79 Å². The number of aliphatic hydroxyl groups excluding tert-OH is 1. The van der Waals surface area contributed by atoms with Crippen molar-refractivity contribution >= 4 is 0 Å². The van der Waals surface area contributed by atoms with Gasteiger partial charge in [0.25, 0.3) is 0 Å². The van der Waals surface area contributed by atoms with Gasteiger partial charge in [-0.25, -0.2) is 0 Å². The molecule has 0 aromatic heterocycles. The second-order valence-corrected chi connectivity index (χ2v) is 3.80. The summed E-state index contributed by atoms with van der Waals surface area (Å²) in [5, 5.41) is 9.46. The van der Waals surface area contributed by atoms with Gasteiger partial charge in [0.05, 0.1) is 18.8 Å². The van der Waals surface area contributed by atoms with Crippen molar-refractivity contribution in [1.82, 2.24) is 0 Å². The molecule has 0 heterocycles. The summed E-state index contributed by atoms with van der Waals surface area (Å²) in [6, 6.07) is 9.93. The summed E-state index contributed by atoms with van der Waals surface area (Å²) in [5.74, 6) is 0. The van der Waals surface area contributed by atoms with Crippen molar-refractivity contribution in [3.63, 3.8) is 0 Å². The zero-order valence-electron chi connectivity index (χ0n) is 9.93. The largest absolute Gasteiger partial charge is 0.390 e. The molecule has 0 spiro atoms. The molecular weight excluding hydrogens is 204 g/mol. The van der Waals surface area contributed by atoms with E-state index < -0.39 is 6.10 Å². The first-order valence-electron chi connectivity index (χ1n) is 5.65. The Labute approximate surface area is 97.0 Å². The number of benzene rings is 1. The highest BCUT2D eigenvalue weighted by molar-refractivity contribution is 5.13. The normalized spacial score (nSPS) is 14.7. The van der Waals surface area contributed by atoms with Crippen LogP contribution in [0.4, 0.5) is 0 Å². The van der Waals surface area contributed by atoms with Crippen molar-refractivity contribution in [1.29, 1.82) is 0 Å². The Morgan fingerprint density at radius 2 is 1.94 bits per heavy atom. The first-order chi connectivity index (χ1) is 7.74. The van der Waals surface area contributed by atoms with Gasteiger partial charge in [-0.1, -0.05) is 37.3 Å². The summed E-state index contributed by atoms with van der Waals surface area (Å²) in [5.41, 5.74) is 1.12. The Morgan fingerprint density at radius 3 is 2.56 bits per heavy atom. The molecule has 1 aromatic carbocycles. The van der Waals surface area contributed by atoms with Crippen molar-refractivity contribution < 1.29 is 14.6 Å². The van der Waals surface area contributed by atoms with E-state index in [4.69, 9.17) is 9.47 Å². The maximum Gasteiger partial charge on any atom is 0.147 e. The molecule has 16 heavy (non-hydrogen) atoms. The summed E-state index contributed by atoms with van der Waals surface area (Å²) in [6.07, 6.45) is 0.0981. The third kappa shape index (κ3) is 4.75. The van der Waals surface area contributed by atoms with Crippen molar-refractivity contribution in [2.75, 3.05) is 6.79 Å². The number of ether oxygens (including phenoxy) is 2. The number of aliphatic hydroxyl groups is 1. The van der Waals surface area contributed by atoms with E-state index in [9.17, 15) is 5.11 Å². The van der Waals surface area contributed by atoms with E-state index in [0.29, 0.717) is 13.0 Å². The summed E-state index contributed by atoms with van der Waals surface area (Å²) >= 11 is 0. The van der Waals surface area contributed by atoms with E-state index >= 15 is 0 Å².